The van der Waals surface area contributed by atoms with Gasteiger partial charge in [-0.15, -0.1) is 0 Å². The van der Waals surface area contributed by atoms with Gasteiger partial charge in [-0.2, -0.15) is 11.8 Å². The third-order valence-electron chi connectivity index (χ3n) is 3.80. The Hall–Kier alpha value is 0.0200. The SMILES string of the molecule is CC.CSC1(C)CCC(C)C(C)(C)C1=O. The van der Waals surface area contributed by atoms with Gasteiger partial charge in [0.2, 0.25) is 0 Å². The van der Waals surface area contributed by atoms with Crippen LogP contribution in [0.2, 0.25) is 0 Å². The Labute approximate surface area is 99.4 Å². The Balaban J connectivity index is 0.000000921. The molecule has 0 heterocycles. The lowest BCUT2D eigenvalue weighted by atomic mass is 9.65. The van der Waals surface area contributed by atoms with Gasteiger partial charge in [0, 0.05) is 5.41 Å². The number of Topliss-reactive ketones (excluding diaryl/α,β-unsaturated/α-hetero) is 1. The molecule has 2 heteroatoms. The Morgan fingerprint density at radius 2 is 1.73 bits per heavy atom. The van der Waals surface area contributed by atoms with Crippen molar-refractivity contribution in [1.29, 1.82) is 0 Å². The fraction of sp³-hybridized carbons (Fsp3) is 0.923. The molecule has 0 aromatic rings. The number of carbonyl (C=O) groups excluding carboxylic acids is 1. The van der Waals surface area contributed by atoms with Crippen LogP contribution in [0.1, 0.15) is 54.4 Å². The van der Waals surface area contributed by atoms with E-state index < -0.39 is 0 Å². The summed E-state index contributed by atoms with van der Waals surface area (Å²) in [5.41, 5.74) is -0.129. The van der Waals surface area contributed by atoms with E-state index in [1.807, 2.05) is 20.1 Å². The van der Waals surface area contributed by atoms with Crippen LogP contribution in [0.25, 0.3) is 0 Å². The van der Waals surface area contributed by atoms with E-state index in [4.69, 9.17) is 0 Å². The topological polar surface area (TPSA) is 17.1 Å². The minimum Gasteiger partial charge on any atom is -0.298 e. The van der Waals surface area contributed by atoms with Gasteiger partial charge in [0.15, 0.2) is 5.78 Å². The van der Waals surface area contributed by atoms with Gasteiger partial charge in [0.25, 0.3) is 0 Å². The number of thioether (sulfide) groups is 1. The van der Waals surface area contributed by atoms with E-state index in [1.54, 1.807) is 11.8 Å². The fourth-order valence-corrected chi connectivity index (χ4v) is 2.84. The molecule has 0 aromatic heterocycles. The minimum absolute atomic E-state index is 0.129. The first kappa shape index (κ1) is 15.0. The van der Waals surface area contributed by atoms with Crippen LogP contribution in [0, 0.1) is 11.3 Å². The molecule has 15 heavy (non-hydrogen) atoms. The fourth-order valence-electron chi connectivity index (χ4n) is 2.07. The van der Waals surface area contributed by atoms with Crippen molar-refractivity contribution in [3.05, 3.63) is 0 Å². The molecule has 1 nitrogen and oxygen atoms in total. The third-order valence-corrected chi connectivity index (χ3v) is 5.09. The second kappa shape index (κ2) is 5.38. The van der Waals surface area contributed by atoms with Gasteiger partial charge in [0.1, 0.15) is 0 Å². The van der Waals surface area contributed by atoms with Gasteiger partial charge in [-0.1, -0.05) is 34.6 Å². The van der Waals surface area contributed by atoms with Crippen LogP contribution in [0.5, 0.6) is 0 Å². The number of ketones is 1. The molecule has 1 saturated carbocycles. The Bertz CT molecular complexity index is 216. The summed E-state index contributed by atoms with van der Waals surface area (Å²) >= 11 is 1.71. The molecule has 1 rings (SSSR count). The molecule has 1 aliphatic rings. The highest BCUT2D eigenvalue weighted by Gasteiger charge is 2.48. The van der Waals surface area contributed by atoms with E-state index in [0.717, 1.165) is 6.42 Å². The molecule has 0 amide bonds. The molecule has 0 saturated heterocycles. The first-order valence-corrected chi connectivity index (χ1v) is 7.17. The molecule has 90 valence electrons. The summed E-state index contributed by atoms with van der Waals surface area (Å²) in [4.78, 5) is 12.2. The lowest BCUT2D eigenvalue weighted by Crippen LogP contribution is -2.49. The molecule has 2 atom stereocenters. The van der Waals surface area contributed by atoms with Crippen molar-refractivity contribution in [3.63, 3.8) is 0 Å². The lowest BCUT2D eigenvalue weighted by molar-refractivity contribution is -0.134. The van der Waals surface area contributed by atoms with Crippen molar-refractivity contribution in [1.82, 2.24) is 0 Å². The highest BCUT2D eigenvalue weighted by atomic mass is 32.2. The molecule has 0 spiro atoms. The Morgan fingerprint density at radius 1 is 1.27 bits per heavy atom. The molecule has 1 fully saturated rings. The van der Waals surface area contributed by atoms with Gasteiger partial charge in [-0.3, -0.25) is 4.79 Å². The van der Waals surface area contributed by atoms with E-state index in [-0.39, 0.29) is 10.2 Å². The Morgan fingerprint density at radius 3 is 2.13 bits per heavy atom. The van der Waals surface area contributed by atoms with Crippen LogP contribution in [0.15, 0.2) is 0 Å². The van der Waals surface area contributed by atoms with Gasteiger partial charge in [-0.25, -0.2) is 0 Å². The third kappa shape index (κ3) is 2.77. The molecular weight excluding hydrogens is 204 g/mol. The number of rotatable bonds is 1. The maximum absolute atomic E-state index is 12.2. The smallest absolute Gasteiger partial charge is 0.154 e. The summed E-state index contributed by atoms with van der Waals surface area (Å²) in [6, 6.07) is 0. The summed E-state index contributed by atoms with van der Waals surface area (Å²) in [5, 5.41) is 0. The van der Waals surface area contributed by atoms with Crippen LogP contribution in [0.3, 0.4) is 0 Å². The average Bonchev–Trinajstić information content (AvgIpc) is 2.25. The van der Waals surface area contributed by atoms with Crippen molar-refractivity contribution in [3.8, 4) is 0 Å². The van der Waals surface area contributed by atoms with E-state index >= 15 is 0 Å². The standard InChI is InChI=1S/C11H20OS.C2H6/c1-8-6-7-11(4,13-5)9(12)10(8,2)3;1-2/h8H,6-7H2,1-5H3;1-2H3. The highest BCUT2D eigenvalue weighted by Crippen LogP contribution is 2.46. The minimum atomic E-state index is -0.129. The predicted molar refractivity (Wildman–Crippen MR) is 70.5 cm³/mol. The quantitative estimate of drug-likeness (QED) is 0.673. The van der Waals surface area contributed by atoms with Crippen LogP contribution < -0.4 is 0 Å². The van der Waals surface area contributed by atoms with E-state index in [9.17, 15) is 4.79 Å². The van der Waals surface area contributed by atoms with Crippen LogP contribution in [-0.2, 0) is 4.79 Å². The maximum atomic E-state index is 12.2. The molecule has 0 N–H and O–H groups in total. The van der Waals surface area contributed by atoms with E-state index in [1.165, 1.54) is 6.42 Å². The molecule has 0 bridgehead atoms. The number of carbonyl (C=O) groups is 1. The van der Waals surface area contributed by atoms with E-state index in [2.05, 4.69) is 27.7 Å². The summed E-state index contributed by atoms with van der Waals surface area (Å²) in [6.45, 7) is 12.5. The molecule has 0 radical (unpaired) electrons. The lowest BCUT2D eigenvalue weighted by Gasteiger charge is -2.44. The van der Waals surface area contributed by atoms with E-state index in [0.29, 0.717) is 11.7 Å². The molecule has 0 aromatic carbocycles. The van der Waals surface area contributed by atoms with Gasteiger partial charge in [0.05, 0.1) is 4.75 Å². The van der Waals surface area contributed by atoms with Crippen LogP contribution in [0.4, 0.5) is 0 Å². The van der Waals surface area contributed by atoms with Crippen molar-refractivity contribution in [2.75, 3.05) is 6.26 Å². The Kier molecular flexibility index (Phi) is 5.39. The van der Waals surface area contributed by atoms with Crippen LogP contribution >= 0.6 is 11.8 Å². The second-order valence-electron chi connectivity index (χ2n) is 4.93. The first-order valence-electron chi connectivity index (χ1n) is 5.94. The zero-order valence-electron chi connectivity index (χ0n) is 11.3. The first-order chi connectivity index (χ1) is 6.84. The molecule has 2 unspecified atom stereocenters. The van der Waals surface area contributed by atoms with Gasteiger partial charge in [-0.05, 0) is 31.9 Å². The zero-order chi connectivity index (χ0) is 12.3. The maximum Gasteiger partial charge on any atom is 0.154 e. The second-order valence-corrected chi connectivity index (χ2v) is 6.23. The van der Waals surface area contributed by atoms with Crippen molar-refractivity contribution in [2.45, 2.75) is 59.1 Å². The molecular formula is C13H26OS. The number of hydrogen-bond donors (Lipinski definition) is 0. The zero-order valence-corrected chi connectivity index (χ0v) is 12.1. The van der Waals surface area contributed by atoms with Crippen molar-refractivity contribution < 1.29 is 4.79 Å². The largest absolute Gasteiger partial charge is 0.298 e. The predicted octanol–water partition coefficient (Wildman–Crippen LogP) is 4.16. The highest BCUT2D eigenvalue weighted by molar-refractivity contribution is 8.00. The normalized spacial score (nSPS) is 34.3. The summed E-state index contributed by atoms with van der Waals surface area (Å²) in [7, 11) is 0. The summed E-state index contributed by atoms with van der Waals surface area (Å²) < 4.78 is -0.129. The van der Waals surface area contributed by atoms with Crippen molar-refractivity contribution in [2.24, 2.45) is 11.3 Å². The summed E-state index contributed by atoms with van der Waals surface area (Å²) in [5.74, 6) is 0.964. The molecule has 0 aliphatic heterocycles. The molecule has 1 aliphatic carbocycles. The number of hydrogen-bond acceptors (Lipinski definition) is 2. The van der Waals surface area contributed by atoms with Crippen molar-refractivity contribution >= 4 is 17.5 Å². The van der Waals surface area contributed by atoms with Gasteiger partial charge >= 0.3 is 0 Å². The van der Waals surface area contributed by atoms with Gasteiger partial charge < -0.3 is 0 Å². The monoisotopic (exact) mass is 230 g/mol. The average molecular weight is 230 g/mol. The van der Waals surface area contributed by atoms with Crippen LogP contribution in [-0.4, -0.2) is 16.8 Å². The summed E-state index contributed by atoms with van der Waals surface area (Å²) in [6.07, 6.45) is 4.26.